The Morgan fingerprint density at radius 1 is 1.50 bits per heavy atom. The van der Waals surface area contributed by atoms with Crippen LogP contribution in [0.4, 0.5) is 0 Å². The Bertz CT molecular complexity index is 609. The van der Waals surface area contributed by atoms with E-state index in [-0.39, 0.29) is 5.91 Å². The SMILES string of the molecule is Cc1c(C(=O)NCCCN)cnn1-c1cccc(Cl)c1. The fourth-order valence-electron chi connectivity index (χ4n) is 1.90. The van der Waals surface area contributed by atoms with Gasteiger partial charge in [0.15, 0.2) is 0 Å². The maximum atomic E-state index is 12.0. The standard InChI is InChI=1S/C14H17ClN4O/c1-10-13(14(20)17-7-3-6-16)9-18-19(10)12-5-2-4-11(15)8-12/h2,4-5,8-9H,3,6-7,16H2,1H3,(H,17,20). The van der Waals surface area contributed by atoms with Crippen molar-refractivity contribution in [3.8, 4) is 5.69 Å². The third kappa shape index (κ3) is 3.18. The zero-order valence-corrected chi connectivity index (χ0v) is 12.0. The predicted octanol–water partition coefficient (Wildman–Crippen LogP) is 1.91. The maximum Gasteiger partial charge on any atom is 0.254 e. The molecule has 2 rings (SSSR count). The first-order valence-corrected chi connectivity index (χ1v) is 6.80. The summed E-state index contributed by atoms with van der Waals surface area (Å²) < 4.78 is 1.70. The summed E-state index contributed by atoms with van der Waals surface area (Å²) in [6, 6.07) is 7.34. The molecule has 0 fully saturated rings. The molecule has 0 aliphatic rings. The third-order valence-electron chi connectivity index (χ3n) is 2.97. The average Bonchev–Trinajstić information content (AvgIpc) is 2.81. The third-order valence-corrected chi connectivity index (χ3v) is 3.21. The summed E-state index contributed by atoms with van der Waals surface area (Å²) in [5, 5.41) is 7.70. The van der Waals surface area contributed by atoms with Gasteiger partial charge in [-0.1, -0.05) is 17.7 Å². The molecular weight excluding hydrogens is 276 g/mol. The number of nitrogens with two attached hydrogens (primary N) is 1. The fourth-order valence-corrected chi connectivity index (χ4v) is 2.08. The Kier molecular flexibility index (Phi) is 4.76. The van der Waals surface area contributed by atoms with Crippen molar-refractivity contribution in [2.24, 2.45) is 5.73 Å². The number of carbonyl (C=O) groups is 1. The monoisotopic (exact) mass is 292 g/mol. The summed E-state index contributed by atoms with van der Waals surface area (Å²) in [4.78, 5) is 12.0. The van der Waals surface area contributed by atoms with Crippen LogP contribution in [0.1, 0.15) is 22.5 Å². The van der Waals surface area contributed by atoms with Crippen LogP contribution in [0.2, 0.25) is 5.02 Å². The van der Waals surface area contributed by atoms with Gasteiger partial charge in [-0.2, -0.15) is 5.10 Å². The molecule has 1 aromatic heterocycles. The van der Waals surface area contributed by atoms with Crippen LogP contribution in [0.15, 0.2) is 30.5 Å². The molecule has 0 radical (unpaired) electrons. The van der Waals surface area contributed by atoms with Gasteiger partial charge in [0.1, 0.15) is 0 Å². The molecule has 0 unspecified atom stereocenters. The molecule has 20 heavy (non-hydrogen) atoms. The number of rotatable bonds is 5. The average molecular weight is 293 g/mol. The highest BCUT2D eigenvalue weighted by molar-refractivity contribution is 6.30. The maximum absolute atomic E-state index is 12.0. The van der Waals surface area contributed by atoms with Crippen LogP contribution in [0.25, 0.3) is 5.69 Å². The van der Waals surface area contributed by atoms with E-state index in [4.69, 9.17) is 17.3 Å². The van der Waals surface area contributed by atoms with Crippen LogP contribution in [0.5, 0.6) is 0 Å². The first-order valence-electron chi connectivity index (χ1n) is 6.42. The van der Waals surface area contributed by atoms with Crippen molar-refractivity contribution in [3.05, 3.63) is 46.7 Å². The lowest BCUT2D eigenvalue weighted by Crippen LogP contribution is -2.26. The summed E-state index contributed by atoms with van der Waals surface area (Å²) in [6.07, 6.45) is 2.32. The molecule has 0 bridgehead atoms. The van der Waals surface area contributed by atoms with Crippen molar-refractivity contribution in [1.29, 1.82) is 0 Å². The Balaban J connectivity index is 2.21. The highest BCUT2D eigenvalue weighted by Crippen LogP contribution is 2.17. The first-order chi connectivity index (χ1) is 9.63. The zero-order chi connectivity index (χ0) is 14.5. The number of halogens is 1. The van der Waals surface area contributed by atoms with Gasteiger partial charge in [0.2, 0.25) is 0 Å². The van der Waals surface area contributed by atoms with E-state index in [0.717, 1.165) is 17.8 Å². The first kappa shape index (κ1) is 14.6. The largest absolute Gasteiger partial charge is 0.352 e. The number of carbonyl (C=O) groups excluding carboxylic acids is 1. The van der Waals surface area contributed by atoms with Crippen molar-refractivity contribution in [2.75, 3.05) is 13.1 Å². The molecule has 0 spiro atoms. The van der Waals surface area contributed by atoms with E-state index >= 15 is 0 Å². The summed E-state index contributed by atoms with van der Waals surface area (Å²) in [5.74, 6) is -0.135. The fraction of sp³-hybridized carbons (Fsp3) is 0.286. The molecule has 6 heteroatoms. The summed E-state index contributed by atoms with van der Waals surface area (Å²) in [7, 11) is 0. The second-order valence-corrected chi connectivity index (χ2v) is 4.87. The lowest BCUT2D eigenvalue weighted by molar-refractivity contribution is 0.0953. The minimum Gasteiger partial charge on any atom is -0.352 e. The minimum absolute atomic E-state index is 0.135. The minimum atomic E-state index is -0.135. The van der Waals surface area contributed by atoms with Crippen molar-refractivity contribution in [3.63, 3.8) is 0 Å². The van der Waals surface area contributed by atoms with Gasteiger partial charge in [-0.05, 0) is 38.1 Å². The number of amides is 1. The van der Waals surface area contributed by atoms with Crippen molar-refractivity contribution < 1.29 is 4.79 Å². The molecular formula is C14H17ClN4O. The molecule has 1 heterocycles. The van der Waals surface area contributed by atoms with Gasteiger partial charge in [-0.15, -0.1) is 0 Å². The van der Waals surface area contributed by atoms with Gasteiger partial charge < -0.3 is 11.1 Å². The van der Waals surface area contributed by atoms with Crippen LogP contribution < -0.4 is 11.1 Å². The number of nitrogens with zero attached hydrogens (tertiary/aromatic N) is 2. The van der Waals surface area contributed by atoms with Gasteiger partial charge in [-0.3, -0.25) is 4.79 Å². The van der Waals surface area contributed by atoms with E-state index < -0.39 is 0 Å². The van der Waals surface area contributed by atoms with Crippen molar-refractivity contribution in [2.45, 2.75) is 13.3 Å². The van der Waals surface area contributed by atoms with E-state index in [2.05, 4.69) is 10.4 Å². The van der Waals surface area contributed by atoms with Gasteiger partial charge >= 0.3 is 0 Å². The van der Waals surface area contributed by atoms with Crippen LogP contribution >= 0.6 is 11.6 Å². The topological polar surface area (TPSA) is 72.9 Å². The lowest BCUT2D eigenvalue weighted by atomic mass is 10.2. The number of benzene rings is 1. The second kappa shape index (κ2) is 6.54. The van der Waals surface area contributed by atoms with Crippen LogP contribution in [-0.2, 0) is 0 Å². The van der Waals surface area contributed by atoms with Crippen LogP contribution in [0, 0.1) is 6.92 Å². The summed E-state index contributed by atoms with van der Waals surface area (Å²) in [6.45, 7) is 2.98. The smallest absolute Gasteiger partial charge is 0.254 e. The molecule has 0 saturated heterocycles. The highest BCUT2D eigenvalue weighted by atomic mass is 35.5. The van der Waals surface area contributed by atoms with E-state index in [1.165, 1.54) is 0 Å². The quantitative estimate of drug-likeness (QED) is 0.827. The number of hydrogen-bond acceptors (Lipinski definition) is 3. The molecule has 0 aliphatic heterocycles. The molecule has 0 aliphatic carbocycles. The highest BCUT2D eigenvalue weighted by Gasteiger charge is 2.14. The van der Waals surface area contributed by atoms with E-state index in [0.29, 0.717) is 23.7 Å². The number of aromatic nitrogens is 2. The van der Waals surface area contributed by atoms with Gasteiger partial charge in [0.05, 0.1) is 23.1 Å². The Morgan fingerprint density at radius 2 is 2.30 bits per heavy atom. The Morgan fingerprint density at radius 3 is 3.00 bits per heavy atom. The Hall–Kier alpha value is -1.85. The summed E-state index contributed by atoms with van der Waals surface area (Å²) in [5.41, 5.74) is 7.56. The molecule has 2 aromatic rings. The van der Waals surface area contributed by atoms with Gasteiger partial charge in [0.25, 0.3) is 5.91 Å². The predicted molar refractivity (Wildman–Crippen MR) is 79.3 cm³/mol. The number of hydrogen-bond donors (Lipinski definition) is 2. The van der Waals surface area contributed by atoms with Gasteiger partial charge in [-0.25, -0.2) is 4.68 Å². The van der Waals surface area contributed by atoms with Crippen molar-refractivity contribution in [1.82, 2.24) is 15.1 Å². The summed E-state index contributed by atoms with van der Waals surface area (Å²) >= 11 is 5.97. The second-order valence-electron chi connectivity index (χ2n) is 4.43. The zero-order valence-electron chi connectivity index (χ0n) is 11.3. The molecule has 5 nitrogen and oxygen atoms in total. The molecule has 3 N–H and O–H groups in total. The van der Waals surface area contributed by atoms with E-state index in [1.54, 1.807) is 23.0 Å². The van der Waals surface area contributed by atoms with E-state index in [1.807, 2.05) is 19.1 Å². The molecule has 1 aromatic carbocycles. The van der Waals surface area contributed by atoms with Crippen molar-refractivity contribution >= 4 is 17.5 Å². The lowest BCUT2D eigenvalue weighted by Gasteiger charge is -2.06. The molecule has 0 atom stereocenters. The van der Waals surface area contributed by atoms with Gasteiger partial charge in [0, 0.05) is 11.6 Å². The molecule has 106 valence electrons. The molecule has 0 saturated carbocycles. The van der Waals surface area contributed by atoms with Crippen LogP contribution in [0.3, 0.4) is 0 Å². The molecule has 1 amide bonds. The Labute approximate surface area is 122 Å². The normalized spacial score (nSPS) is 10.6. The number of nitrogens with one attached hydrogen (secondary N) is 1. The van der Waals surface area contributed by atoms with E-state index in [9.17, 15) is 4.79 Å². The van der Waals surface area contributed by atoms with Crippen LogP contribution in [-0.4, -0.2) is 28.8 Å².